The summed E-state index contributed by atoms with van der Waals surface area (Å²) in [4.78, 5) is 14.4. The van der Waals surface area contributed by atoms with Gasteiger partial charge in [-0.1, -0.05) is 62.9 Å². The van der Waals surface area contributed by atoms with E-state index in [0.29, 0.717) is 19.6 Å². The number of nitrogens with zero attached hydrogens (tertiary/aromatic N) is 1. The van der Waals surface area contributed by atoms with Crippen molar-refractivity contribution in [3.63, 3.8) is 0 Å². The van der Waals surface area contributed by atoms with Gasteiger partial charge in [0, 0.05) is 31.6 Å². The van der Waals surface area contributed by atoms with Gasteiger partial charge >= 0.3 is 6.03 Å². The summed E-state index contributed by atoms with van der Waals surface area (Å²) in [6, 6.07) is 10.6. The van der Waals surface area contributed by atoms with Gasteiger partial charge in [0.05, 0.1) is 6.61 Å². The summed E-state index contributed by atoms with van der Waals surface area (Å²) in [5.41, 5.74) is 1.41. The van der Waals surface area contributed by atoms with Crippen LogP contribution in [0.25, 0.3) is 0 Å². The van der Waals surface area contributed by atoms with Crippen LogP contribution in [0, 0.1) is 0 Å². The first-order valence-electron chi connectivity index (χ1n) is 10.1. The lowest BCUT2D eigenvalue weighted by molar-refractivity contribution is 0.200. The molecule has 1 aromatic carbocycles. The van der Waals surface area contributed by atoms with Crippen LogP contribution < -0.4 is 10.6 Å². The molecule has 3 N–H and O–H groups in total. The molecule has 1 saturated carbocycles. The summed E-state index contributed by atoms with van der Waals surface area (Å²) in [6.45, 7) is 5.78. The summed E-state index contributed by atoms with van der Waals surface area (Å²) in [5, 5.41) is 15.1. The quantitative estimate of drug-likeness (QED) is 0.593. The highest BCUT2D eigenvalue weighted by molar-refractivity contribution is 5.74. The fraction of sp³-hybridized carbons (Fsp3) is 0.667. The Morgan fingerprint density at radius 3 is 2.38 bits per heavy atom. The second kappa shape index (κ2) is 11.2. The van der Waals surface area contributed by atoms with Crippen molar-refractivity contribution in [3.05, 3.63) is 35.9 Å². The average Bonchev–Trinajstić information content (AvgIpc) is 2.93. The highest BCUT2D eigenvalue weighted by atomic mass is 16.3. The van der Waals surface area contributed by atoms with Gasteiger partial charge < -0.3 is 15.7 Å². The number of carbonyl (C=O) groups excluding carboxylic acids is 1. The van der Waals surface area contributed by atoms with Gasteiger partial charge in [-0.2, -0.15) is 0 Å². The molecule has 1 aliphatic rings. The Labute approximate surface area is 158 Å². The molecule has 1 aliphatic carbocycles. The molecule has 0 aliphatic heterocycles. The molecule has 146 valence electrons. The van der Waals surface area contributed by atoms with Crippen LogP contribution >= 0.6 is 0 Å². The Bertz CT molecular complexity index is 513. The zero-order chi connectivity index (χ0) is 18.7. The molecular weight excluding hydrogens is 326 g/mol. The molecule has 0 radical (unpaired) electrons. The predicted molar refractivity (Wildman–Crippen MR) is 106 cm³/mol. The fourth-order valence-electron chi connectivity index (χ4n) is 3.97. The van der Waals surface area contributed by atoms with Crippen LogP contribution in [0.15, 0.2) is 30.3 Å². The second-order valence-corrected chi connectivity index (χ2v) is 7.33. The number of rotatable bonds is 9. The molecule has 5 heteroatoms. The molecule has 0 atom stereocenters. The number of nitrogens with one attached hydrogen (secondary N) is 2. The van der Waals surface area contributed by atoms with Gasteiger partial charge in [-0.15, -0.1) is 0 Å². The summed E-state index contributed by atoms with van der Waals surface area (Å²) >= 11 is 0. The molecule has 1 aromatic rings. The number of carbonyl (C=O) groups is 1. The van der Waals surface area contributed by atoms with Gasteiger partial charge in [0.15, 0.2) is 0 Å². The maximum atomic E-state index is 12.3. The van der Waals surface area contributed by atoms with Crippen molar-refractivity contribution in [1.29, 1.82) is 0 Å². The Balaban J connectivity index is 1.87. The number of aliphatic hydroxyl groups is 1. The number of benzene rings is 1. The summed E-state index contributed by atoms with van der Waals surface area (Å²) in [7, 11) is 0. The van der Waals surface area contributed by atoms with Gasteiger partial charge in [-0.3, -0.25) is 4.90 Å². The monoisotopic (exact) mass is 361 g/mol. The molecule has 0 spiro atoms. The number of hydrogen-bond acceptors (Lipinski definition) is 3. The number of amides is 2. The topological polar surface area (TPSA) is 64.6 Å². The van der Waals surface area contributed by atoms with E-state index in [-0.39, 0.29) is 18.1 Å². The predicted octanol–water partition coefficient (Wildman–Crippen LogP) is 2.89. The largest absolute Gasteiger partial charge is 0.395 e. The van der Waals surface area contributed by atoms with Crippen LogP contribution in [-0.4, -0.2) is 55.4 Å². The lowest BCUT2D eigenvalue weighted by Crippen LogP contribution is -2.46. The second-order valence-electron chi connectivity index (χ2n) is 7.33. The highest BCUT2D eigenvalue weighted by Crippen LogP contribution is 2.37. The van der Waals surface area contributed by atoms with Gasteiger partial charge in [-0.25, -0.2) is 4.79 Å². The molecule has 0 unspecified atom stereocenters. The molecule has 0 aromatic heterocycles. The summed E-state index contributed by atoms with van der Waals surface area (Å²) < 4.78 is 0. The third-order valence-electron chi connectivity index (χ3n) is 5.61. The maximum absolute atomic E-state index is 12.3. The Morgan fingerprint density at radius 2 is 1.77 bits per heavy atom. The van der Waals surface area contributed by atoms with Crippen LogP contribution in [0.4, 0.5) is 4.79 Å². The van der Waals surface area contributed by atoms with Crippen molar-refractivity contribution in [2.24, 2.45) is 0 Å². The molecule has 26 heavy (non-hydrogen) atoms. The first kappa shape index (κ1) is 20.7. The third-order valence-corrected chi connectivity index (χ3v) is 5.61. The van der Waals surface area contributed by atoms with Crippen LogP contribution in [0.2, 0.25) is 0 Å². The number of hydrogen-bond donors (Lipinski definition) is 3. The van der Waals surface area contributed by atoms with E-state index in [1.54, 1.807) is 0 Å². The van der Waals surface area contributed by atoms with E-state index in [2.05, 4.69) is 52.8 Å². The third kappa shape index (κ3) is 6.29. The first-order valence-corrected chi connectivity index (χ1v) is 10.1. The van der Waals surface area contributed by atoms with Gasteiger partial charge in [0.25, 0.3) is 0 Å². The maximum Gasteiger partial charge on any atom is 0.314 e. The van der Waals surface area contributed by atoms with Gasteiger partial charge in [0.1, 0.15) is 0 Å². The number of likely N-dealkylation sites (N-methyl/N-ethyl adjacent to an activating group) is 1. The Hall–Kier alpha value is -1.59. The zero-order valence-electron chi connectivity index (χ0n) is 16.2. The molecule has 1 fully saturated rings. The van der Waals surface area contributed by atoms with E-state index < -0.39 is 0 Å². The van der Waals surface area contributed by atoms with Crippen molar-refractivity contribution in [2.45, 2.75) is 50.9 Å². The van der Waals surface area contributed by atoms with Crippen LogP contribution in [0.5, 0.6) is 0 Å². The minimum absolute atomic E-state index is 0.0570. The minimum Gasteiger partial charge on any atom is -0.395 e. The number of aliphatic hydroxyl groups excluding tert-OH is 1. The smallest absolute Gasteiger partial charge is 0.314 e. The molecule has 0 heterocycles. The van der Waals surface area contributed by atoms with Crippen molar-refractivity contribution < 1.29 is 9.90 Å². The highest BCUT2D eigenvalue weighted by Gasteiger charge is 2.33. The van der Waals surface area contributed by atoms with Gasteiger partial charge in [0.2, 0.25) is 0 Å². The van der Waals surface area contributed by atoms with E-state index in [9.17, 15) is 4.79 Å². The Kier molecular flexibility index (Phi) is 8.92. The summed E-state index contributed by atoms with van der Waals surface area (Å²) in [5.74, 6) is 0. The van der Waals surface area contributed by atoms with Gasteiger partial charge in [-0.05, 0) is 24.9 Å². The summed E-state index contributed by atoms with van der Waals surface area (Å²) in [6.07, 6.45) is 7.31. The molecule has 0 bridgehead atoms. The van der Waals surface area contributed by atoms with Crippen LogP contribution in [-0.2, 0) is 5.41 Å². The van der Waals surface area contributed by atoms with Crippen molar-refractivity contribution in [1.82, 2.24) is 15.5 Å². The first-order chi connectivity index (χ1) is 12.7. The Morgan fingerprint density at radius 1 is 1.08 bits per heavy atom. The van der Waals surface area contributed by atoms with E-state index in [1.807, 2.05) is 0 Å². The normalized spacial score (nSPS) is 16.9. The van der Waals surface area contributed by atoms with E-state index >= 15 is 0 Å². The molecule has 0 saturated heterocycles. The van der Waals surface area contributed by atoms with Crippen molar-refractivity contribution in [3.8, 4) is 0 Å². The van der Waals surface area contributed by atoms with Crippen LogP contribution in [0.1, 0.15) is 51.0 Å². The lowest BCUT2D eigenvalue weighted by atomic mass is 9.74. The standard InChI is InChI=1S/C21H35N3O2/c1-2-24(16-17-25)15-14-22-20(26)23-18-21(12-8-3-4-9-13-21)19-10-6-5-7-11-19/h5-7,10-11,25H,2-4,8-9,12-18H2,1H3,(H2,22,23,26). The van der Waals surface area contributed by atoms with E-state index in [1.165, 1.54) is 31.2 Å². The molecular formula is C21H35N3O2. The van der Waals surface area contributed by atoms with E-state index in [4.69, 9.17) is 5.11 Å². The average molecular weight is 362 g/mol. The minimum atomic E-state index is -0.0930. The van der Waals surface area contributed by atoms with Crippen molar-refractivity contribution >= 4 is 6.03 Å². The zero-order valence-corrected chi connectivity index (χ0v) is 16.2. The molecule has 5 nitrogen and oxygen atoms in total. The molecule has 2 rings (SSSR count). The SMILES string of the molecule is CCN(CCO)CCNC(=O)NCC1(c2ccccc2)CCCCCC1. The van der Waals surface area contributed by atoms with E-state index in [0.717, 1.165) is 25.9 Å². The lowest BCUT2D eigenvalue weighted by Gasteiger charge is -2.34. The molecule has 2 amide bonds. The fourth-order valence-corrected chi connectivity index (χ4v) is 3.97. The number of urea groups is 1. The van der Waals surface area contributed by atoms with Crippen LogP contribution in [0.3, 0.4) is 0 Å². The van der Waals surface area contributed by atoms with Crippen molar-refractivity contribution in [2.75, 3.05) is 39.3 Å².